The molecule has 0 bridgehead atoms. The molecule has 2 heterocycles. The predicted molar refractivity (Wildman–Crippen MR) is 111 cm³/mol. The van der Waals surface area contributed by atoms with Gasteiger partial charge in [0.15, 0.2) is 6.17 Å². The van der Waals surface area contributed by atoms with E-state index >= 15 is 0 Å². The van der Waals surface area contributed by atoms with E-state index in [1.807, 2.05) is 13.0 Å². The molecule has 8 nitrogen and oxygen atoms in total. The lowest BCUT2D eigenvalue weighted by atomic mass is 10.0. The van der Waals surface area contributed by atoms with Gasteiger partial charge in [0.25, 0.3) is 0 Å². The fourth-order valence-electron chi connectivity index (χ4n) is 3.68. The molecule has 10 heteroatoms. The number of nitrogens with one attached hydrogen (secondary N) is 1. The number of alkyl halides is 2. The van der Waals surface area contributed by atoms with Crippen molar-refractivity contribution in [1.29, 1.82) is 0 Å². The first-order valence-corrected chi connectivity index (χ1v) is 10.4. The highest BCUT2D eigenvalue weighted by Crippen LogP contribution is 2.35. The van der Waals surface area contributed by atoms with E-state index in [0.29, 0.717) is 30.2 Å². The number of ether oxygens (including phenoxy) is 1. The van der Waals surface area contributed by atoms with Crippen LogP contribution in [0.3, 0.4) is 0 Å². The van der Waals surface area contributed by atoms with Gasteiger partial charge < -0.3 is 20.1 Å². The Morgan fingerprint density at radius 1 is 1.25 bits per heavy atom. The Kier molecular flexibility index (Phi) is 6.31. The lowest BCUT2D eigenvalue weighted by Gasteiger charge is -2.34. The molecule has 0 unspecified atom stereocenters. The molecule has 1 saturated heterocycles. The first-order valence-electron chi connectivity index (χ1n) is 10.4. The van der Waals surface area contributed by atoms with Gasteiger partial charge >= 0.3 is 0 Å². The van der Waals surface area contributed by atoms with Crippen LogP contribution in [0, 0.1) is 12.8 Å². The number of amides is 2. The number of aromatic nitrogens is 2. The van der Waals surface area contributed by atoms with Crippen LogP contribution in [-0.4, -0.2) is 69.9 Å². The minimum atomic E-state index is -1.36. The fourth-order valence-corrected chi connectivity index (χ4v) is 3.68. The number of piperidine rings is 1. The van der Waals surface area contributed by atoms with Crippen molar-refractivity contribution in [1.82, 2.24) is 14.9 Å². The summed E-state index contributed by atoms with van der Waals surface area (Å²) in [6, 6.07) is 6.93. The van der Waals surface area contributed by atoms with Gasteiger partial charge in [0.1, 0.15) is 36.8 Å². The maximum atomic E-state index is 14.5. The topological polar surface area (TPSA) is 105 Å². The van der Waals surface area contributed by atoms with E-state index in [-0.39, 0.29) is 13.0 Å². The number of carbonyl (C=O) groups excluding carboxylic acids is 2. The summed E-state index contributed by atoms with van der Waals surface area (Å²) in [5.74, 6) is -0.682. The zero-order valence-corrected chi connectivity index (χ0v) is 17.5. The van der Waals surface area contributed by atoms with Crippen molar-refractivity contribution in [2.24, 2.45) is 5.92 Å². The number of rotatable bonds is 6. The van der Waals surface area contributed by atoms with Gasteiger partial charge in [-0.2, -0.15) is 0 Å². The van der Waals surface area contributed by atoms with Crippen LogP contribution >= 0.6 is 0 Å². The minimum Gasteiger partial charge on any atom is -0.487 e. The number of benzene rings is 1. The third-order valence-corrected chi connectivity index (χ3v) is 5.69. The molecule has 1 aromatic carbocycles. The van der Waals surface area contributed by atoms with Crippen LogP contribution in [0.15, 0.2) is 30.6 Å². The van der Waals surface area contributed by atoms with Crippen LogP contribution in [0.2, 0.25) is 0 Å². The molecule has 1 aromatic heterocycles. The lowest BCUT2D eigenvalue weighted by molar-refractivity contribution is -0.138. The monoisotopic (exact) mass is 446 g/mol. The molecule has 4 atom stereocenters. The Hall–Kier alpha value is -3.14. The van der Waals surface area contributed by atoms with E-state index in [4.69, 9.17) is 9.84 Å². The quantitative estimate of drug-likeness (QED) is 0.704. The van der Waals surface area contributed by atoms with Gasteiger partial charge in [0.05, 0.1) is 18.2 Å². The molecule has 0 radical (unpaired) electrons. The number of aliphatic hydroxyl groups is 1. The molecular weight excluding hydrogens is 422 g/mol. The van der Waals surface area contributed by atoms with Crippen molar-refractivity contribution in [3.8, 4) is 17.0 Å². The van der Waals surface area contributed by atoms with E-state index in [1.54, 1.807) is 18.2 Å². The second kappa shape index (κ2) is 9.15. The van der Waals surface area contributed by atoms with Gasteiger partial charge in [-0.15, -0.1) is 0 Å². The number of anilines is 1. The summed E-state index contributed by atoms with van der Waals surface area (Å²) in [7, 11) is 0. The Morgan fingerprint density at radius 2 is 2.03 bits per heavy atom. The normalized spacial score (nSPS) is 24.7. The molecule has 1 saturated carbocycles. The van der Waals surface area contributed by atoms with E-state index in [1.165, 1.54) is 11.2 Å². The van der Waals surface area contributed by atoms with Gasteiger partial charge in [-0.3, -0.25) is 9.59 Å². The third-order valence-electron chi connectivity index (χ3n) is 5.69. The van der Waals surface area contributed by atoms with E-state index in [9.17, 15) is 18.4 Å². The smallest absolute Gasteiger partial charge is 0.248 e. The first-order chi connectivity index (χ1) is 15.4. The molecule has 32 heavy (non-hydrogen) atoms. The van der Waals surface area contributed by atoms with Gasteiger partial charge in [-0.05, 0) is 37.1 Å². The largest absolute Gasteiger partial charge is 0.487 e. The molecule has 4 rings (SSSR count). The van der Waals surface area contributed by atoms with Crippen molar-refractivity contribution in [2.45, 2.75) is 38.2 Å². The molecule has 170 valence electrons. The summed E-state index contributed by atoms with van der Waals surface area (Å²) >= 11 is 0. The van der Waals surface area contributed by atoms with Crippen LogP contribution in [0.1, 0.15) is 18.4 Å². The third kappa shape index (κ3) is 4.85. The number of aryl methyl sites for hydroxylation is 1. The number of hydrogen-bond acceptors (Lipinski definition) is 6. The molecule has 1 aliphatic carbocycles. The standard InChI is InChI=1S/C22H24F2N4O4/c1-12-6-13(17-8-20(26-11-25-17)27-22(31)14-7-15(14)23)2-3-18(12)32-19-4-5-28(9-16(19)24)21(30)10-29/h2-3,6,8,11,14-16,19,29H,4-5,7,9-10H2,1H3,(H,25,26,27,31)/t14-,15-,16+,19-/m0/s1. The van der Waals surface area contributed by atoms with E-state index in [0.717, 1.165) is 11.1 Å². The maximum absolute atomic E-state index is 14.5. The summed E-state index contributed by atoms with van der Waals surface area (Å²) in [5.41, 5.74) is 2.09. The highest BCUT2D eigenvalue weighted by Gasteiger charge is 2.43. The van der Waals surface area contributed by atoms with Crippen LogP contribution < -0.4 is 10.1 Å². The van der Waals surface area contributed by atoms with Crippen molar-refractivity contribution in [3.05, 3.63) is 36.2 Å². The minimum absolute atomic E-state index is 0.110. The molecule has 1 aliphatic heterocycles. The average Bonchev–Trinajstić information content (AvgIpc) is 3.52. The van der Waals surface area contributed by atoms with Crippen molar-refractivity contribution >= 4 is 17.6 Å². The number of halogens is 2. The Bertz CT molecular complexity index is 1020. The Morgan fingerprint density at radius 3 is 2.69 bits per heavy atom. The van der Waals surface area contributed by atoms with Crippen LogP contribution in [-0.2, 0) is 9.59 Å². The number of carbonyl (C=O) groups is 2. The van der Waals surface area contributed by atoms with Crippen molar-refractivity contribution < 1.29 is 28.2 Å². The summed E-state index contributed by atoms with van der Waals surface area (Å²) in [6.45, 7) is 1.40. The molecule has 2 N–H and O–H groups in total. The van der Waals surface area contributed by atoms with Crippen LogP contribution in [0.4, 0.5) is 14.6 Å². The van der Waals surface area contributed by atoms with Crippen LogP contribution in [0.5, 0.6) is 5.75 Å². The highest BCUT2D eigenvalue weighted by molar-refractivity contribution is 5.94. The lowest BCUT2D eigenvalue weighted by Crippen LogP contribution is -2.50. The van der Waals surface area contributed by atoms with E-state index < -0.39 is 42.8 Å². The average molecular weight is 446 g/mol. The second-order valence-electron chi connectivity index (χ2n) is 8.08. The first kappa shape index (κ1) is 22.1. The number of aliphatic hydroxyl groups excluding tert-OH is 1. The molecule has 2 aromatic rings. The molecular formula is C22H24F2N4O4. The fraction of sp³-hybridized carbons (Fsp3) is 0.455. The number of nitrogens with zero attached hydrogens (tertiary/aromatic N) is 3. The molecule has 0 spiro atoms. The second-order valence-corrected chi connectivity index (χ2v) is 8.08. The van der Waals surface area contributed by atoms with E-state index in [2.05, 4.69) is 15.3 Å². The van der Waals surface area contributed by atoms with Gasteiger partial charge in [-0.25, -0.2) is 18.7 Å². The molecule has 2 fully saturated rings. The summed E-state index contributed by atoms with van der Waals surface area (Å²) in [5, 5.41) is 11.5. The zero-order chi connectivity index (χ0) is 22.8. The van der Waals surface area contributed by atoms with Gasteiger partial charge in [0.2, 0.25) is 11.8 Å². The zero-order valence-electron chi connectivity index (χ0n) is 17.5. The molecule has 2 amide bonds. The Balaban J connectivity index is 1.42. The number of hydrogen-bond donors (Lipinski definition) is 2. The Labute approximate surface area is 183 Å². The number of likely N-dealkylation sites (tertiary alicyclic amines) is 1. The summed E-state index contributed by atoms with van der Waals surface area (Å²) in [4.78, 5) is 33.0. The van der Waals surface area contributed by atoms with Gasteiger partial charge in [-0.1, -0.05) is 0 Å². The summed E-state index contributed by atoms with van der Waals surface area (Å²) in [6.07, 6.45) is -1.26. The van der Waals surface area contributed by atoms with Gasteiger partial charge in [0, 0.05) is 24.6 Å². The van der Waals surface area contributed by atoms with Crippen molar-refractivity contribution in [2.75, 3.05) is 25.0 Å². The van der Waals surface area contributed by atoms with Crippen LogP contribution in [0.25, 0.3) is 11.3 Å². The molecule has 2 aliphatic rings. The SMILES string of the molecule is Cc1cc(-c2cc(NC(=O)[C@H]3C[C@@H]3F)ncn2)ccc1O[C@H]1CCN(C(=O)CO)C[C@H]1F. The maximum Gasteiger partial charge on any atom is 0.248 e. The predicted octanol–water partition coefficient (Wildman–Crippen LogP) is 2.06. The highest BCUT2D eigenvalue weighted by atomic mass is 19.1. The van der Waals surface area contributed by atoms with Crippen molar-refractivity contribution in [3.63, 3.8) is 0 Å². The summed E-state index contributed by atoms with van der Waals surface area (Å²) < 4.78 is 33.4.